The van der Waals surface area contributed by atoms with Gasteiger partial charge in [-0.25, -0.2) is 0 Å². The molecule has 3 amide bonds. The predicted octanol–water partition coefficient (Wildman–Crippen LogP) is 6.71. The minimum atomic E-state index is -1.10. The van der Waals surface area contributed by atoms with Crippen molar-refractivity contribution >= 4 is 24.8 Å². The van der Waals surface area contributed by atoms with Crippen molar-refractivity contribution < 1.29 is 42.6 Å². The number of nitrogens with one attached hydrogen (secondary N) is 3. The molecule has 7 rings (SSSR count). The van der Waals surface area contributed by atoms with E-state index in [2.05, 4.69) is 50.6 Å². The number of carbonyl (C=O) groups is 3. The average molecular weight is 812 g/mol. The molecule has 3 aromatic carbocycles. The molecule has 4 fully saturated rings. The van der Waals surface area contributed by atoms with Crippen molar-refractivity contribution in [2.75, 3.05) is 21.3 Å². The molecular formula is C46H62BN3O9. The smallest absolute Gasteiger partial charge is 0.481 e. The summed E-state index contributed by atoms with van der Waals surface area (Å²) in [5, 5.41) is 9.18. The molecule has 0 unspecified atom stereocenters. The van der Waals surface area contributed by atoms with Crippen LogP contribution in [0, 0.1) is 29.1 Å². The third kappa shape index (κ3) is 9.52. The summed E-state index contributed by atoms with van der Waals surface area (Å²) in [5.41, 5.74) is 1.04. The molecule has 3 aromatic rings. The number of methoxy groups -OCH3 is 3. The number of amides is 3. The third-order valence-electron chi connectivity index (χ3n) is 12.7. The topological polar surface area (TPSA) is 143 Å². The molecule has 0 spiro atoms. The Bertz CT molecular complexity index is 1960. The van der Waals surface area contributed by atoms with Gasteiger partial charge >= 0.3 is 7.12 Å². The summed E-state index contributed by atoms with van der Waals surface area (Å²) in [6, 6.07) is 18.1. The molecule has 4 aliphatic rings. The lowest BCUT2D eigenvalue weighted by Gasteiger charge is -2.64. The molecule has 1 aliphatic heterocycles. The molecule has 13 heteroatoms. The summed E-state index contributed by atoms with van der Waals surface area (Å²) < 4.78 is 36.3. The lowest BCUT2D eigenvalue weighted by Crippen LogP contribution is -2.65. The van der Waals surface area contributed by atoms with E-state index in [1.807, 2.05) is 62.4 Å². The second kappa shape index (κ2) is 18.3. The van der Waals surface area contributed by atoms with Crippen LogP contribution >= 0.6 is 0 Å². The molecule has 318 valence electrons. The van der Waals surface area contributed by atoms with Gasteiger partial charge < -0.3 is 44.2 Å². The van der Waals surface area contributed by atoms with Gasteiger partial charge in [0, 0.05) is 12.0 Å². The Balaban J connectivity index is 1.21. The molecule has 59 heavy (non-hydrogen) atoms. The Hall–Kier alpha value is -4.75. The molecule has 3 N–H and O–H groups in total. The zero-order valence-corrected chi connectivity index (χ0v) is 36.3. The lowest BCUT2D eigenvalue weighted by molar-refractivity contribution is -0.199. The molecule has 7 atom stereocenters. The number of benzene rings is 3. The second-order valence-electron chi connectivity index (χ2n) is 17.9. The van der Waals surface area contributed by atoms with Crippen LogP contribution in [0.3, 0.4) is 0 Å². The van der Waals surface area contributed by atoms with Crippen LogP contribution in [0.15, 0.2) is 66.7 Å². The fourth-order valence-electron chi connectivity index (χ4n) is 9.41. The van der Waals surface area contributed by atoms with Gasteiger partial charge in [0.15, 0.2) is 11.5 Å². The van der Waals surface area contributed by atoms with E-state index in [-0.39, 0.29) is 42.1 Å². The fraction of sp³-hybridized carbons (Fsp3) is 0.543. The first-order valence-electron chi connectivity index (χ1n) is 20.9. The Kier molecular flexibility index (Phi) is 13.6. The number of para-hydroxylation sites is 1. The van der Waals surface area contributed by atoms with Crippen LogP contribution in [0.1, 0.15) is 78.9 Å². The van der Waals surface area contributed by atoms with Crippen molar-refractivity contribution in [3.8, 4) is 28.7 Å². The zero-order chi connectivity index (χ0) is 42.6. The van der Waals surface area contributed by atoms with E-state index in [0.717, 1.165) is 12.8 Å². The molecule has 1 heterocycles. The van der Waals surface area contributed by atoms with E-state index in [9.17, 15) is 14.4 Å². The van der Waals surface area contributed by atoms with Crippen LogP contribution in [-0.4, -0.2) is 75.9 Å². The van der Waals surface area contributed by atoms with Crippen molar-refractivity contribution in [1.29, 1.82) is 0 Å². The minimum absolute atomic E-state index is 0.0239. The average Bonchev–Trinajstić information content (AvgIpc) is 3.56. The Morgan fingerprint density at radius 2 is 1.53 bits per heavy atom. The minimum Gasteiger partial charge on any atom is -0.493 e. The Labute approximate surface area is 349 Å². The van der Waals surface area contributed by atoms with Crippen LogP contribution in [0.4, 0.5) is 0 Å². The van der Waals surface area contributed by atoms with Crippen LogP contribution < -0.4 is 34.9 Å². The lowest BCUT2D eigenvalue weighted by atomic mass is 9.43. The molecule has 2 bridgehead atoms. The summed E-state index contributed by atoms with van der Waals surface area (Å²) in [5.74, 6) is 1.64. The van der Waals surface area contributed by atoms with Gasteiger partial charge in [0.05, 0.1) is 45.4 Å². The highest BCUT2D eigenvalue weighted by molar-refractivity contribution is 6.48. The zero-order valence-electron chi connectivity index (χ0n) is 36.3. The summed E-state index contributed by atoms with van der Waals surface area (Å²) in [7, 11) is 3.92. The second-order valence-corrected chi connectivity index (χ2v) is 17.9. The van der Waals surface area contributed by atoms with Gasteiger partial charge in [0.2, 0.25) is 23.5 Å². The van der Waals surface area contributed by atoms with Gasteiger partial charge in [-0.05, 0) is 91.2 Å². The van der Waals surface area contributed by atoms with Gasteiger partial charge in [0.25, 0.3) is 0 Å². The number of carbonyl (C=O) groups excluding carboxylic acids is 3. The van der Waals surface area contributed by atoms with Crippen LogP contribution in [0.2, 0.25) is 0 Å². The van der Waals surface area contributed by atoms with E-state index in [4.69, 9.17) is 28.3 Å². The number of hydrogen-bond donors (Lipinski definition) is 3. The molecule has 12 nitrogen and oxygen atoms in total. The first-order chi connectivity index (χ1) is 28.1. The van der Waals surface area contributed by atoms with E-state index in [1.165, 1.54) is 21.3 Å². The third-order valence-corrected chi connectivity index (χ3v) is 12.7. The van der Waals surface area contributed by atoms with Crippen LogP contribution in [0.25, 0.3) is 0 Å². The number of ether oxygens (including phenoxy) is 4. The Morgan fingerprint density at radius 3 is 2.17 bits per heavy atom. The summed E-state index contributed by atoms with van der Waals surface area (Å²) in [4.78, 5) is 42.6. The quantitative estimate of drug-likeness (QED) is 0.120. The fourth-order valence-corrected chi connectivity index (χ4v) is 9.41. The SMILES string of the molecule is COc1ccc(C[C@H](NC(=O)Cc2cccc(Oc3ccccc3)c2)C(=O)N[C@H](C(=O)N[C@@H](CC(C)C)B2O[C@@H]3C[C@@H]4C[C@@H](C4(C)C)[C@]3(C)O2)C(C)C)c(OC)c1OC. The molecule has 3 aliphatic carbocycles. The monoisotopic (exact) mass is 811 g/mol. The van der Waals surface area contributed by atoms with Gasteiger partial charge in [-0.3, -0.25) is 14.4 Å². The highest BCUT2D eigenvalue weighted by Crippen LogP contribution is 2.65. The highest BCUT2D eigenvalue weighted by atomic mass is 16.7. The molecule has 0 radical (unpaired) electrons. The van der Waals surface area contributed by atoms with Gasteiger partial charge in [-0.15, -0.1) is 0 Å². The Morgan fingerprint density at radius 1 is 0.814 bits per heavy atom. The molecule has 0 aromatic heterocycles. The molecular weight excluding hydrogens is 749 g/mol. The summed E-state index contributed by atoms with van der Waals surface area (Å²) in [6.07, 6.45) is 2.67. The van der Waals surface area contributed by atoms with E-state index >= 15 is 0 Å². The highest BCUT2D eigenvalue weighted by Gasteiger charge is 2.68. The maximum Gasteiger partial charge on any atom is 0.481 e. The van der Waals surface area contributed by atoms with E-state index in [1.54, 1.807) is 18.2 Å². The van der Waals surface area contributed by atoms with Gasteiger partial charge in [0.1, 0.15) is 23.6 Å². The summed E-state index contributed by atoms with van der Waals surface area (Å²) in [6.45, 7) is 14.8. The van der Waals surface area contributed by atoms with Crippen molar-refractivity contribution in [2.45, 2.75) is 110 Å². The maximum absolute atomic E-state index is 14.5. The van der Waals surface area contributed by atoms with Gasteiger partial charge in [-0.2, -0.15) is 0 Å². The molecule has 1 saturated heterocycles. The normalized spacial score (nSPS) is 23.0. The van der Waals surface area contributed by atoms with Crippen molar-refractivity contribution in [3.05, 3.63) is 77.9 Å². The van der Waals surface area contributed by atoms with E-state index in [0.29, 0.717) is 58.1 Å². The van der Waals surface area contributed by atoms with Crippen LogP contribution in [0.5, 0.6) is 28.7 Å². The van der Waals surface area contributed by atoms with Crippen molar-refractivity contribution in [3.63, 3.8) is 0 Å². The number of rotatable bonds is 18. The van der Waals surface area contributed by atoms with Crippen molar-refractivity contribution in [1.82, 2.24) is 16.0 Å². The van der Waals surface area contributed by atoms with E-state index < -0.39 is 42.6 Å². The first kappa shape index (κ1) is 43.8. The van der Waals surface area contributed by atoms with Gasteiger partial charge in [-0.1, -0.05) is 77.9 Å². The standard InChI is InChI=1S/C46H62BN3O9/c1-27(2)21-38(47-58-37-26-31-25-36(45(31,5)6)46(37,7)59-47)49-44(53)40(28(3)4)50-43(52)34(24-30-19-20-35(54-8)42(56-10)41(30)55-9)48-39(51)23-29-15-14-18-33(22-29)57-32-16-12-11-13-17-32/h11-20,22,27-28,31,34,36-38,40H,21,23-26H2,1-10H3,(H,48,51)(H,49,53)(H,50,52)/t31-,34-,36-,37+,38-,40-,46-/m0/s1. The van der Waals surface area contributed by atoms with Crippen LogP contribution in [-0.2, 0) is 36.5 Å². The molecule has 3 saturated carbocycles. The van der Waals surface area contributed by atoms with Crippen molar-refractivity contribution in [2.24, 2.45) is 29.1 Å². The first-order valence-corrected chi connectivity index (χ1v) is 20.9. The summed E-state index contributed by atoms with van der Waals surface area (Å²) >= 11 is 0. The maximum atomic E-state index is 14.5. The largest absolute Gasteiger partial charge is 0.493 e. The predicted molar refractivity (Wildman–Crippen MR) is 227 cm³/mol. The number of hydrogen-bond acceptors (Lipinski definition) is 9.